The molecular formula is C15H20N4OS. The van der Waals surface area contributed by atoms with Gasteiger partial charge in [0.2, 0.25) is 0 Å². The van der Waals surface area contributed by atoms with Crippen LogP contribution in [0.25, 0.3) is 0 Å². The summed E-state index contributed by atoms with van der Waals surface area (Å²) in [6, 6.07) is 0. The van der Waals surface area contributed by atoms with Gasteiger partial charge >= 0.3 is 0 Å². The van der Waals surface area contributed by atoms with E-state index in [9.17, 15) is 4.79 Å². The predicted molar refractivity (Wildman–Crippen MR) is 85.9 cm³/mol. The number of carbonyl (C=O) groups excluding carboxylic acids is 1. The van der Waals surface area contributed by atoms with Crippen LogP contribution in [0.2, 0.25) is 0 Å². The first-order valence-corrected chi connectivity index (χ1v) is 7.81. The minimum absolute atomic E-state index is 0.182. The third-order valence-electron chi connectivity index (χ3n) is 3.21. The Morgan fingerprint density at radius 3 is 2.71 bits per heavy atom. The Kier molecular flexibility index (Phi) is 4.90. The molecule has 6 heteroatoms. The Morgan fingerprint density at radius 2 is 2.14 bits per heavy atom. The quantitative estimate of drug-likeness (QED) is 0.891. The molecule has 0 fully saturated rings. The lowest BCUT2D eigenvalue weighted by molar-refractivity contribution is 0.0946. The van der Waals surface area contributed by atoms with Crippen molar-refractivity contribution in [3.63, 3.8) is 0 Å². The van der Waals surface area contributed by atoms with E-state index in [4.69, 9.17) is 0 Å². The van der Waals surface area contributed by atoms with E-state index in [-0.39, 0.29) is 11.8 Å². The van der Waals surface area contributed by atoms with E-state index in [1.54, 1.807) is 24.6 Å². The summed E-state index contributed by atoms with van der Waals surface area (Å²) < 4.78 is 0. The summed E-state index contributed by atoms with van der Waals surface area (Å²) in [6.07, 6.45) is 1.66. The summed E-state index contributed by atoms with van der Waals surface area (Å²) in [5, 5.41) is 10.0. The number of nitrogens with zero attached hydrogens (tertiary/aromatic N) is 2. The molecule has 0 saturated heterocycles. The van der Waals surface area contributed by atoms with Crippen molar-refractivity contribution in [3.05, 3.63) is 39.6 Å². The molecule has 0 aromatic carbocycles. The van der Waals surface area contributed by atoms with Gasteiger partial charge in [0.05, 0.1) is 11.9 Å². The number of amides is 1. The molecule has 0 aliphatic carbocycles. The summed E-state index contributed by atoms with van der Waals surface area (Å²) in [4.78, 5) is 21.0. The second-order valence-corrected chi connectivity index (χ2v) is 5.90. The monoisotopic (exact) mass is 304 g/mol. The number of thiophene rings is 1. The van der Waals surface area contributed by atoms with Crippen LogP contribution in [-0.2, 0) is 6.54 Å². The van der Waals surface area contributed by atoms with Crippen molar-refractivity contribution in [2.75, 3.05) is 12.4 Å². The highest BCUT2D eigenvalue weighted by Crippen LogP contribution is 2.17. The van der Waals surface area contributed by atoms with Gasteiger partial charge in [0, 0.05) is 19.5 Å². The number of aromatic nitrogens is 2. The number of aryl methyl sites for hydroxylation is 1. The Morgan fingerprint density at radius 1 is 1.38 bits per heavy atom. The lowest BCUT2D eigenvalue weighted by atomic mass is 10.2. The molecule has 2 aromatic heterocycles. The second kappa shape index (κ2) is 6.67. The Hall–Kier alpha value is -1.95. The fraction of sp³-hybridized carbons (Fsp3) is 0.400. The highest BCUT2D eigenvalue weighted by Gasteiger charge is 2.16. The molecule has 2 aromatic rings. The van der Waals surface area contributed by atoms with Crippen molar-refractivity contribution in [1.29, 1.82) is 0 Å². The van der Waals surface area contributed by atoms with Crippen LogP contribution in [0.3, 0.4) is 0 Å². The van der Waals surface area contributed by atoms with Crippen LogP contribution < -0.4 is 10.6 Å². The highest BCUT2D eigenvalue weighted by atomic mass is 32.1. The zero-order valence-corrected chi connectivity index (χ0v) is 13.5. The molecule has 112 valence electrons. The summed E-state index contributed by atoms with van der Waals surface area (Å²) in [5.41, 5.74) is 3.36. The van der Waals surface area contributed by atoms with Crippen LogP contribution in [0.5, 0.6) is 0 Å². The van der Waals surface area contributed by atoms with Gasteiger partial charge in [-0.15, -0.1) is 0 Å². The minimum Gasteiger partial charge on any atom is -0.385 e. The van der Waals surface area contributed by atoms with Gasteiger partial charge in [0.1, 0.15) is 5.82 Å². The van der Waals surface area contributed by atoms with Crippen molar-refractivity contribution in [2.45, 2.75) is 33.2 Å². The maximum atomic E-state index is 12.4. The van der Waals surface area contributed by atoms with Crippen molar-refractivity contribution in [3.8, 4) is 0 Å². The molecule has 0 spiro atoms. The molecule has 2 heterocycles. The van der Waals surface area contributed by atoms with Gasteiger partial charge in [-0.3, -0.25) is 4.79 Å². The van der Waals surface area contributed by atoms with Gasteiger partial charge in [-0.2, -0.15) is 11.3 Å². The van der Waals surface area contributed by atoms with Gasteiger partial charge in [-0.05, 0) is 28.8 Å². The third-order valence-corrected chi connectivity index (χ3v) is 4.12. The zero-order chi connectivity index (χ0) is 15.4. The Bertz CT molecular complexity index is 636. The third kappa shape index (κ3) is 3.58. The molecule has 0 unspecified atom stereocenters. The molecule has 0 radical (unpaired) electrons. The summed E-state index contributed by atoms with van der Waals surface area (Å²) in [5.74, 6) is 0.668. The lowest BCUT2D eigenvalue weighted by Crippen LogP contribution is -2.25. The maximum absolute atomic E-state index is 12.4. The van der Waals surface area contributed by atoms with Crippen LogP contribution in [-0.4, -0.2) is 22.9 Å². The summed E-state index contributed by atoms with van der Waals surface area (Å²) in [7, 11) is 1.76. The molecule has 2 N–H and O–H groups in total. The highest BCUT2D eigenvalue weighted by molar-refractivity contribution is 7.08. The van der Waals surface area contributed by atoms with E-state index in [2.05, 4.69) is 26.0 Å². The predicted octanol–water partition coefficient (Wildman–Crippen LogP) is 2.94. The lowest BCUT2D eigenvalue weighted by Gasteiger charge is -2.11. The largest absolute Gasteiger partial charge is 0.385 e. The van der Waals surface area contributed by atoms with Gasteiger partial charge in [0.25, 0.3) is 5.91 Å². The van der Waals surface area contributed by atoms with E-state index in [0.717, 1.165) is 5.56 Å². The molecule has 1 amide bonds. The molecular weight excluding hydrogens is 284 g/mol. The average Bonchev–Trinajstić information content (AvgIpc) is 2.89. The number of carbonyl (C=O) groups is 1. The molecule has 0 atom stereocenters. The number of anilines is 1. The van der Waals surface area contributed by atoms with Gasteiger partial charge in [-0.1, -0.05) is 13.8 Å². The second-order valence-electron chi connectivity index (χ2n) is 5.16. The summed E-state index contributed by atoms with van der Waals surface area (Å²) in [6.45, 7) is 6.56. The van der Waals surface area contributed by atoms with E-state index in [1.165, 1.54) is 5.56 Å². The van der Waals surface area contributed by atoms with Gasteiger partial charge in [0.15, 0.2) is 5.69 Å². The molecule has 0 bridgehead atoms. The Balaban J connectivity index is 2.17. The van der Waals surface area contributed by atoms with E-state index >= 15 is 0 Å². The van der Waals surface area contributed by atoms with Crippen LogP contribution in [0.1, 0.15) is 47.2 Å². The molecule has 0 aliphatic rings. The van der Waals surface area contributed by atoms with Crippen molar-refractivity contribution >= 4 is 22.9 Å². The first kappa shape index (κ1) is 15.4. The number of hydrogen-bond acceptors (Lipinski definition) is 5. The fourth-order valence-electron chi connectivity index (χ4n) is 1.86. The molecule has 0 aliphatic heterocycles. The zero-order valence-electron chi connectivity index (χ0n) is 12.7. The van der Waals surface area contributed by atoms with Crippen molar-refractivity contribution < 1.29 is 4.79 Å². The van der Waals surface area contributed by atoms with E-state index in [1.807, 2.05) is 26.2 Å². The smallest absolute Gasteiger partial charge is 0.272 e. The fourth-order valence-corrected chi connectivity index (χ4v) is 2.71. The van der Waals surface area contributed by atoms with Crippen LogP contribution >= 0.6 is 11.3 Å². The SMILES string of the molecule is CNc1cnc(C(C)C)nc1C(=O)NCc1cscc1C. The first-order valence-electron chi connectivity index (χ1n) is 6.87. The standard InChI is InChI=1S/C15H20N4OS/c1-9(2)14-17-6-12(16-4)13(19-14)15(20)18-5-11-8-21-7-10(11)3/h6-9,16H,5H2,1-4H3,(H,18,20). The van der Waals surface area contributed by atoms with E-state index < -0.39 is 0 Å². The molecule has 0 saturated carbocycles. The number of rotatable bonds is 5. The van der Waals surface area contributed by atoms with Crippen molar-refractivity contribution in [2.24, 2.45) is 0 Å². The van der Waals surface area contributed by atoms with Crippen LogP contribution in [0.4, 0.5) is 5.69 Å². The van der Waals surface area contributed by atoms with Crippen molar-refractivity contribution in [1.82, 2.24) is 15.3 Å². The van der Waals surface area contributed by atoms with Crippen LogP contribution in [0.15, 0.2) is 17.0 Å². The molecule has 2 rings (SSSR count). The maximum Gasteiger partial charge on any atom is 0.272 e. The minimum atomic E-state index is -0.186. The van der Waals surface area contributed by atoms with E-state index in [0.29, 0.717) is 23.8 Å². The summed E-state index contributed by atoms with van der Waals surface area (Å²) >= 11 is 1.64. The number of hydrogen-bond donors (Lipinski definition) is 2. The Labute approximate surface area is 128 Å². The number of nitrogens with one attached hydrogen (secondary N) is 2. The van der Waals surface area contributed by atoms with Crippen LogP contribution in [0, 0.1) is 6.92 Å². The van der Waals surface area contributed by atoms with Gasteiger partial charge in [-0.25, -0.2) is 9.97 Å². The normalized spacial score (nSPS) is 10.7. The molecule has 21 heavy (non-hydrogen) atoms. The first-order chi connectivity index (χ1) is 10.0. The average molecular weight is 304 g/mol. The molecule has 5 nitrogen and oxygen atoms in total. The topological polar surface area (TPSA) is 66.9 Å². The van der Waals surface area contributed by atoms with Gasteiger partial charge < -0.3 is 10.6 Å².